The number of esters is 1. The summed E-state index contributed by atoms with van der Waals surface area (Å²) in [4.78, 5) is 45.7. The van der Waals surface area contributed by atoms with Crippen LogP contribution in [0, 0.1) is 11.7 Å². The predicted molar refractivity (Wildman–Crippen MR) is 134 cm³/mol. The molecule has 0 spiro atoms. The maximum absolute atomic E-state index is 13.5. The second-order valence-electron chi connectivity index (χ2n) is 8.15. The lowest BCUT2D eigenvalue weighted by Crippen LogP contribution is -2.42. The van der Waals surface area contributed by atoms with Crippen molar-refractivity contribution in [1.29, 1.82) is 0 Å². The molecule has 0 unspecified atom stereocenters. The van der Waals surface area contributed by atoms with Gasteiger partial charge in [-0.3, -0.25) is 19.3 Å². The van der Waals surface area contributed by atoms with Gasteiger partial charge >= 0.3 is 5.97 Å². The number of anilines is 1. The normalized spacial score (nSPS) is 17.6. The van der Waals surface area contributed by atoms with Crippen molar-refractivity contribution in [1.82, 2.24) is 4.90 Å². The molecule has 182 valence electrons. The Morgan fingerprint density at radius 1 is 1.11 bits per heavy atom. The lowest BCUT2D eigenvalue weighted by atomic mass is 9.97. The Bertz CT molecular complexity index is 1140. The second-order valence-corrected chi connectivity index (χ2v) is 9.09. The molecule has 0 atom stereocenters. The highest BCUT2D eigenvalue weighted by molar-refractivity contribution is 8.14. The highest BCUT2D eigenvalue weighted by atomic mass is 32.2. The molecule has 0 radical (unpaired) electrons. The number of benzene rings is 2. The second kappa shape index (κ2) is 11.3. The average molecular weight is 496 g/mol. The number of hydrogen-bond acceptors (Lipinski definition) is 6. The number of hydrogen-bond donors (Lipinski definition) is 0. The summed E-state index contributed by atoms with van der Waals surface area (Å²) in [5, 5.41) is 0.360. The van der Waals surface area contributed by atoms with Crippen molar-refractivity contribution in [3.05, 3.63) is 71.7 Å². The van der Waals surface area contributed by atoms with Crippen LogP contribution in [0.25, 0.3) is 6.08 Å². The van der Waals surface area contributed by atoms with Gasteiger partial charge in [-0.1, -0.05) is 42.1 Å². The van der Waals surface area contributed by atoms with Gasteiger partial charge in [0.05, 0.1) is 24.0 Å². The van der Waals surface area contributed by atoms with Gasteiger partial charge in [0.1, 0.15) is 11.5 Å². The maximum Gasteiger partial charge on any atom is 0.309 e. The molecule has 0 aromatic heterocycles. The van der Waals surface area contributed by atoms with E-state index >= 15 is 0 Å². The molecule has 2 aromatic carbocycles. The molecule has 2 aromatic rings. The zero-order valence-corrected chi connectivity index (χ0v) is 20.2. The summed E-state index contributed by atoms with van der Waals surface area (Å²) in [6.07, 6.45) is 2.83. The van der Waals surface area contributed by atoms with Gasteiger partial charge in [-0.2, -0.15) is 0 Å². The number of carbonyl (C=O) groups excluding carboxylic acids is 3. The molecule has 0 aliphatic carbocycles. The van der Waals surface area contributed by atoms with Crippen molar-refractivity contribution >= 4 is 46.5 Å². The minimum Gasteiger partial charge on any atom is -0.466 e. The fourth-order valence-electron chi connectivity index (χ4n) is 3.96. The number of likely N-dealkylation sites (tertiary alicyclic amines) is 1. The summed E-state index contributed by atoms with van der Waals surface area (Å²) in [7, 11) is 0. The van der Waals surface area contributed by atoms with Crippen LogP contribution in [-0.4, -0.2) is 53.3 Å². The number of aliphatic imine (C=N–C) groups is 1. The third kappa shape index (κ3) is 5.97. The molecule has 4 rings (SSSR count). The maximum atomic E-state index is 13.5. The first-order chi connectivity index (χ1) is 17.0. The molecule has 2 amide bonds. The lowest BCUT2D eigenvalue weighted by Gasteiger charge is -2.31. The number of piperidine rings is 1. The SMILES string of the molecule is CCOC(=O)C1CCN(C(=O)CSC2=N/C(=C\c3ccccc3)C(=O)N2c2ccc(F)cc2)CC1. The molecule has 7 nitrogen and oxygen atoms in total. The van der Waals surface area contributed by atoms with Gasteiger partial charge < -0.3 is 9.64 Å². The zero-order valence-electron chi connectivity index (χ0n) is 19.4. The van der Waals surface area contributed by atoms with Crippen LogP contribution < -0.4 is 4.90 Å². The average Bonchev–Trinajstić information content (AvgIpc) is 3.18. The Labute approximate surface area is 207 Å². The number of ether oxygens (including phenoxy) is 1. The first-order valence-corrected chi connectivity index (χ1v) is 12.5. The summed E-state index contributed by atoms with van der Waals surface area (Å²) in [6.45, 7) is 3.09. The monoisotopic (exact) mass is 495 g/mol. The van der Waals surface area contributed by atoms with Crippen molar-refractivity contribution in [2.24, 2.45) is 10.9 Å². The minimum absolute atomic E-state index is 0.0898. The van der Waals surface area contributed by atoms with Gasteiger partial charge in [-0.25, -0.2) is 9.38 Å². The van der Waals surface area contributed by atoms with Crippen molar-refractivity contribution in [3.63, 3.8) is 0 Å². The number of rotatable bonds is 6. The summed E-state index contributed by atoms with van der Waals surface area (Å²) >= 11 is 1.16. The Kier molecular flexibility index (Phi) is 7.97. The molecule has 0 saturated carbocycles. The van der Waals surface area contributed by atoms with E-state index in [1.54, 1.807) is 17.9 Å². The molecule has 1 fully saturated rings. The van der Waals surface area contributed by atoms with Gasteiger partial charge in [-0.05, 0) is 55.7 Å². The highest BCUT2D eigenvalue weighted by Crippen LogP contribution is 2.30. The molecule has 35 heavy (non-hydrogen) atoms. The molecular weight excluding hydrogens is 469 g/mol. The van der Waals surface area contributed by atoms with Crippen LogP contribution in [0.5, 0.6) is 0 Å². The molecule has 0 N–H and O–H groups in total. The van der Waals surface area contributed by atoms with E-state index in [4.69, 9.17) is 4.74 Å². The van der Waals surface area contributed by atoms with Crippen LogP contribution in [0.15, 0.2) is 65.3 Å². The Morgan fingerprint density at radius 2 is 1.80 bits per heavy atom. The van der Waals surface area contributed by atoms with Crippen LogP contribution in [0.3, 0.4) is 0 Å². The fourth-order valence-corrected chi connectivity index (χ4v) is 4.88. The Morgan fingerprint density at radius 3 is 2.46 bits per heavy atom. The first-order valence-electron chi connectivity index (χ1n) is 11.5. The largest absolute Gasteiger partial charge is 0.466 e. The predicted octanol–water partition coefficient (Wildman–Crippen LogP) is 4.10. The third-order valence-electron chi connectivity index (χ3n) is 5.81. The minimum atomic E-state index is -0.409. The fraction of sp³-hybridized carbons (Fsp3) is 0.308. The molecular formula is C26H26FN3O4S. The van der Waals surface area contributed by atoms with E-state index in [0.29, 0.717) is 43.4 Å². The lowest BCUT2D eigenvalue weighted by molar-refractivity contribution is -0.151. The van der Waals surface area contributed by atoms with Gasteiger partial charge in [-0.15, -0.1) is 0 Å². The van der Waals surface area contributed by atoms with E-state index in [9.17, 15) is 18.8 Å². The van der Waals surface area contributed by atoms with Crippen LogP contribution in [0.2, 0.25) is 0 Å². The van der Waals surface area contributed by atoms with Crippen LogP contribution in [0.1, 0.15) is 25.3 Å². The standard InChI is InChI=1S/C26H26FN3O4S/c1-2-34-25(33)19-12-14-29(15-13-19)23(31)17-35-26-28-22(16-18-6-4-3-5-7-18)24(32)30(26)21-10-8-20(27)9-11-21/h3-11,16,19H,2,12-15,17H2,1H3/b22-16-. The van der Waals surface area contributed by atoms with Crippen molar-refractivity contribution in [3.8, 4) is 0 Å². The molecule has 1 saturated heterocycles. The van der Waals surface area contributed by atoms with Crippen molar-refractivity contribution in [2.45, 2.75) is 19.8 Å². The molecule has 9 heteroatoms. The van der Waals surface area contributed by atoms with Crippen molar-refractivity contribution < 1.29 is 23.5 Å². The number of thioether (sulfide) groups is 1. The molecule has 2 heterocycles. The van der Waals surface area contributed by atoms with E-state index in [2.05, 4.69) is 4.99 Å². The molecule has 2 aliphatic rings. The number of amides is 2. The quantitative estimate of drug-likeness (QED) is 0.445. The Balaban J connectivity index is 1.46. The molecule has 2 aliphatic heterocycles. The summed E-state index contributed by atoms with van der Waals surface area (Å²) in [5.74, 6) is -1.14. The number of nitrogens with zero attached hydrogens (tertiary/aromatic N) is 3. The summed E-state index contributed by atoms with van der Waals surface area (Å²) in [6, 6.07) is 14.9. The van der Waals surface area contributed by atoms with E-state index in [1.807, 2.05) is 30.3 Å². The highest BCUT2D eigenvalue weighted by Gasteiger charge is 2.33. The number of halogens is 1. The van der Waals surface area contributed by atoms with Crippen molar-refractivity contribution in [2.75, 3.05) is 30.3 Å². The van der Waals surface area contributed by atoms with Crippen LogP contribution in [0.4, 0.5) is 10.1 Å². The molecule has 0 bridgehead atoms. The zero-order chi connectivity index (χ0) is 24.8. The number of carbonyl (C=O) groups is 3. The summed E-state index contributed by atoms with van der Waals surface area (Å²) < 4.78 is 18.6. The van der Waals surface area contributed by atoms with Gasteiger partial charge in [0.25, 0.3) is 5.91 Å². The van der Waals surface area contributed by atoms with E-state index in [1.165, 1.54) is 29.2 Å². The summed E-state index contributed by atoms with van der Waals surface area (Å²) in [5.41, 5.74) is 1.54. The van der Waals surface area contributed by atoms with E-state index in [0.717, 1.165) is 17.3 Å². The topological polar surface area (TPSA) is 79.3 Å². The van der Waals surface area contributed by atoms with Crippen LogP contribution >= 0.6 is 11.8 Å². The van der Waals surface area contributed by atoms with Gasteiger partial charge in [0, 0.05) is 13.1 Å². The van der Waals surface area contributed by atoms with E-state index < -0.39 is 5.82 Å². The first kappa shape index (κ1) is 24.7. The van der Waals surface area contributed by atoms with Crippen LogP contribution in [-0.2, 0) is 19.1 Å². The number of amidine groups is 1. The van der Waals surface area contributed by atoms with E-state index in [-0.39, 0.29) is 35.2 Å². The van der Waals surface area contributed by atoms with Gasteiger partial charge in [0.2, 0.25) is 5.91 Å². The van der Waals surface area contributed by atoms with Gasteiger partial charge in [0.15, 0.2) is 5.17 Å². The smallest absolute Gasteiger partial charge is 0.309 e. The Hall–Kier alpha value is -3.46. The third-order valence-corrected chi connectivity index (χ3v) is 6.73.